The van der Waals surface area contributed by atoms with Gasteiger partial charge in [0.2, 0.25) is 0 Å². The summed E-state index contributed by atoms with van der Waals surface area (Å²) in [6, 6.07) is 54.0. The summed E-state index contributed by atoms with van der Waals surface area (Å²) in [7, 11) is 0. The smallest absolute Gasteiger partial charge is 0.144 e. The average Bonchev–Trinajstić information content (AvgIpc) is 4.14. The van der Waals surface area contributed by atoms with Gasteiger partial charge in [-0.3, -0.25) is 0 Å². The van der Waals surface area contributed by atoms with Gasteiger partial charge in [0.1, 0.15) is 67.0 Å². The van der Waals surface area contributed by atoms with Crippen LogP contribution in [0, 0.1) is 0 Å². The van der Waals surface area contributed by atoms with Gasteiger partial charge in [-0.05, 0) is 83.9 Å². The minimum atomic E-state index is 0.761. The molecule has 6 heterocycles. The largest absolute Gasteiger partial charge is 0.456 e. The zero-order chi connectivity index (χ0) is 38.8. The van der Waals surface area contributed by atoms with Gasteiger partial charge in [0.05, 0.1) is 0 Å². The van der Waals surface area contributed by atoms with Gasteiger partial charge >= 0.3 is 0 Å². The summed E-state index contributed by atoms with van der Waals surface area (Å²) in [5.41, 5.74) is 13.5. The fourth-order valence-electron chi connectivity index (χ4n) is 10.0. The fraction of sp³-hybridized carbons (Fsp3) is 0. The summed E-state index contributed by atoms with van der Waals surface area (Å²) in [6.07, 6.45) is 0. The topological polar surface area (TPSA) is 78.8 Å². The van der Waals surface area contributed by atoms with Crippen LogP contribution < -0.4 is 0 Å². The van der Waals surface area contributed by atoms with E-state index in [1.165, 1.54) is 0 Å². The van der Waals surface area contributed by atoms with Crippen molar-refractivity contribution in [3.8, 4) is 22.3 Å². The maximum absolute atomic E-state index is 6.90. The van der Waals surface area contributed by atoms with Crippen LogP contribution in [0.15, 0.2) is 184 Å². The number of para-hydroxylation sites is 4. The zero-order valence-electron chi connectivity index (χ0n) is 31.5. The van der Waals surface area contributed by atoms with E-state index in [9.17, 15) is 0 Å². The van der Waals surface area contributed by atoms with Crippen molar-refractivity contribution in [2.45, 2.75) is 0 Å². The monoisotopic (exact) mass is 770 g/mol. The quantitative estimate of drug-likeness (QED) is 0.174. The molecule has 278 valence electrons. The first-order valence-corrected chi connectivity index (χ1v) is 20.0. The van der Waals surface area contributed by atoms with E-state index in [4.69, 9.17) is 26.5 Å². The Kier molecular flexibility index (Phi) is 5.57. The van der Waals surface area contributed by atoms with E-state index >= 15 is 0 Å². The molecule has 0 amide bonds. The molecule has 15 aromatic rings. The molecule has 0 saturated heterocycles. The summed E-state index contributed by atoms with van der Waals surface area (Å²) in [6.45, 7) is 0. The molecule has 6 nitrogen and oxygen atoms in total. The fourth-order valence-corrected chi connectivity index (χ4v) is 10.0. The Balaban J connectivity index is 1.01. The Morgan fingerprint density at radius 3 is 1.02 bits per heavy atom. The molecule has 6 heteroatoms. The first kappa shape index (κ1) is 30.9. The van der Waals surface area contributed by atoms with E-state index in [0.717, 1.165) is 154 Å². The summed E-state index contributed by atoms with van der Waals surface area (Å²) >= 11 is 0. The Morgan fingerprint density at radius 2 is 0.567 bits per heavy atom. The van der Waals surface area contributed by atoms with Crippen LogP contribution in [0.25, 0.3) is 154 Å². The predicted octanol–water partition coefficient (Wildman–Crippen LogP) is 16.4. The molecule has 0 atom stereocenters. The number of benzene rings is 9. The first-order valence-electron chi connectivity index (χ1n) is 20.0. The molecule has 60 heavy (non-hydrogen) atoms. The van der Waals surface area contributed by atoms with Gasteiger partial charge in [-0.15, -0.1) is 0 Å². The standard InChI is InChI=1S/C54H26O6/c1-5-13-39-29(9-1)31-19-17-27(21-43(31)55-39)35-23-47-49(51-33-11-3-7-15-41(33)59-53(35)51)37-25-46-38(26-45(37)57-47)50-48(58-46)24-36(54-52(50)34-12-4-8-16-42(34)60-54)28-18-20-32-30-10-2-6-14-40(30)56-44(32)22-28/h1-26H. The van der Waals surface area contributed by atoms with Crippen molar-refractivity contribution in [3.05, 3.63) is 158 Å². The number of hydrogen-bond donors (Lipinski definition) is 0. The molecule has 0 fully saturated rings. The normalized spacial score (nSPS) is 12.7. The lowest BCUT2D eigenvalue weighted by molar-refractivity contribution is 0.661. The third kappa shape index (κ3) is 3.92. The Bertz CT molecular complexity index is 4080. The van der Waals surface area contributed by atoms with Crippen LogP contribution in [-0.2, 0) is 0 Å². The average molecular weight is 771 g/mol. The van der Waals surface area contributed by atoms with Gasteiger partial charge in [0.15, 0.2) is 0 Å². The molecule has 0 N–H and O–H groups in total. The predicted molar refractivity (Wildman–Crippen MR) is 241 cm³/mol. The second-order valence-corrected chi connectivity index (χ2v) is 15.9. The van der Waals surface area contributed by atoms with Gasteiger partial charge in [0.25, 0.3) is 0 Å². The number of furan rings is 6. The molecule has 15 rings (SSSR count). The number of hydrogen-bond acceptors (Lipinski definition) is 6. The molecule has 9 aromatic carbocycles. The van der Waals surface area contributed by atoms with Crippen LogP contribution in [0.3, 0.4) is 0 Å². The van der Waals surface area contributed by atoms with Crippen molar-refractivity contribution < 1.29 is 26.5 Å². The molecule has 6 aromatic heterocycles. The zero-order valence-corrected chi connectivity index (χ0v) is 31.5. The van der Waals surface area contributed by atoms with E-state index in [1.54, 1.807) is 0 Å². The van der Waals surface area contributed by atoms with E-state index in [2.05, 4.69) is 97.1 Å². The minimum Gasteiger partial charge on any atom is -0.456 e. The van der Waals surface area contributed by atoms with E-state index in [0.29, 0.717) is 0 Å². The molecule has 0 aliphatic rings. The maximum atomic E-state index is 6.90. The second-order valence-electron chi connectivity index (χ2n) is 15.9. The van der Waals surface area contributed by atoms with Gasteiger partial charge in [-0.1, -0.05) is 84.9 Å². The number of rotatable bonds is 2. The molecule has 0 radical (unpaired) electrons. The van der Waals surface area contributed by atoms with Gasteiger partial charge in [-0.2, -0.15) is 0 Å². The van der Waals surface area contributed by atoms with E-state index < -0.39 is 0 Å². The molecular formula is C54H26O6. The minimum absolute atomic E-state index is 0.761. The van der Waals surface area contributed by atoms with Crippen LogP contribution in [0.5, 0.6) is 0 Å². The summed E-state index contributed by atoms with van der Waals surface area (Å²) in [5.74, 6) is 0. The Labute approximate surface area is 336 Å². The van der Waals surface area contributed by atoms with Crippen molar-refractivity contribution in [2.24, 2.45) is 0 Å². The van der Waals surface area contributed by atoms with Crippen LogP contribution in [0.2, 0.25) is 0 Å². The molecular weight excluding hydrogens is 745 g/mol. The van der Waals surface area contributed by atoms with Crippen LogP contribution in [0.4, 0.5) is 0 Å². The molecule has 0 bridgehead atoms. The van der Waals surface area contributed by atoms with Gasteiger partial charge in [0, 0.05) is 75.8 Å². The molecule has 0 aliphatic heterocycles. The Morgan fingerprint density at radius 1 is 0.217 bits per heavy atom. The molecule has 0 aliphatic carbocycles. The maximum Gasteiger partial charge on any atom is 0.144 e. The Hall–Kier alpha value is -8.22. The van der Waals surface area contributed by atoms with Gasteiger partial charge < -0.3 is 26.5 Å². The van der Waals surface area contributed by atoms with Crippen molar-refractivity contribution >= 4 is 132 Å². The van der Waals surface area contributed by atoms with Crippen LogP contribution in [0.1, 0.15) is 0 Å². The lowest BCUT2D eigenvalue weighted by Crippen LogP contribution is -1.81. The summed E-state index contributed by atoms with van der Waals surface area (Å²) < 4.78 is 39.9. The summed E-state index contributed by atoms with van der Waals surface area (Å²) in [4.78, 5) is 0. The lowest BCUT2D eigenvalue weighted by atomic mass is 9.96. The van der Waals surface area contributed by atoms with E-state index in [1.807, 2.05) is 60.7 Å². The van der Waals surface area contributed by atoms with E-state index in [-0.39, 0.29) is 0 Å². The third-order valence-corrected chi connectivity index (χ3v) is 12.7. The van der Waals surface area contributed by atoms with Gasteiger partial charge in [-0.25, -0.2) is 0 Å². The molecule has 0 unspecified atom stereocenters. The SMILES string of the molecule is c1ccc2c(c1)oc1cc(-c3cc4oc5cc6c(cc5c4c4c3oc3ccccc34)oc3cc(-c4ccc5c(c4)oc4ccccc45)c4oc5ccccc5c4c36)ccc12. The highest BCUT2D eigenvalue weighted by atomic mass is 16.4. The van der Waals surface area contributed by atoms with Crippen molar-refractivity contribution in [3.63, 3.8) is 0 Å². The highest BCUT2D eigenvalue weighted by Crippen LogP contribution is 2.49. The van der Waals surface area contributed by atoms with Crippen molar-refractivity contribution in [1.82, 2.24) is 0 Å². The summed E-state index contributed by atoms with van der Waals surface area (Å²) in [5, 5.41) is 12.3. The highest BCUT2D eigenvalue weighted by Gasteiger charge is 2.25. The molecule has 0 saturated carbocycles. The first-order chi connectivity index (χ1) is 29.7. The van der Waals surface area contributed by atoms with Crippen LogP contribution in [-0.4, -0.2) is 0 Å². The van der Waals surface area contributed by atoms with Crippen molar-refractivity contribution in [2.75, 3.05) is 0 Å². The highest BCUT2D eigenvalue weighted by molar-refractivity contribution is 6.32. The second kappa shape index (κ2) is 10.8. The number of fused-ring (bicyclic) bond motifs is 20. The third-order valence-electron chi connectivity index (χ3n) is 12.7. The lowest BCUT2D eigenvalue weighted by Gasteiger charge is -2.04. The molecule has 0 spiro atoms. The van der Waals surface area contributed by atoms with Crippen LogP contribution >= 0.6 is 0 Å². The van der Waals surface area contributed by atoms with Crippen molar-refractivity contribution in [1.29, 1.82) is 0 Å².